The van der Waals surface area contributed by atoms with Gasteiger partial charge in [0.2, 0.25) is 11.1 Å². The molecule has 9 nitrogen and oxygen atoms in total. The molecule has 0 aliphatic rings. The fraction of sp³-hybridized carbons (Fsp3) is 0.333. The number of imide groups is 1. The van der Waals surface area contributed by atoms with Gasteiger partial charge in [-0.25, -0.2) is 4.68 Å². The van der Waals surface area contributed by atoms with Crippen molar-refractivity contribution < 1.29 is 19.1 Å². The normalized spacial score (nSPS) is 11.2. The minimum Gasteiger partial charge on any atom is -0.497 e. The fourth-order valence-corrected chi connectivity index (χ4v) is 3.95. The lowest BCUT2D eigenvalue weighted by atomic mass is 9.87. The number of hydrogen-bond acceptors (Lipinski definition) is 8. The number of carbonyl (C=O) groups excluding carboxylic acids is 2. The Bertz CT molecular complexity index is 1170. The van der Waals surface area contributed by atoms with Crippen molar-refractivity contribution in [2.75, 3.05) is 25.8 Å². The molecule has 3 rings (SSSR count). The quantitative estimate of drug-likeness (QED) is 0.369. The molecule has 1 heterocycles. The van der Waals surface area contributed by atoms with E-state index < -0.39 is 5.91 Å². The lowest BCUT2D eigenvalue weighted by Gasteiger charge is -2.19. The van der Waals surface area contributed by atoms with Crippen LogP contribution in [0.5, 0.6) is 11.5 Å². The SMILES string of the molecule is COc1ccc(-c2nnc(SCCC(=O)NC(=O)c3ccc(C(C)(C)C)cc3)n2N)c(OC)c1. The molecule has 0 aliphatic carbocycles. The largest absolute Gasteiger partial charge is 0.497 e. The first-order valence-electron chi connectivity index (χ1n) is 10.6. The number of rotatable bonds is 8. The van der Waals surface area contributed by atoms with Crippen LogP contribution in [0.4, 0.5) is 0 Å². The van der Waals surface area contributed by atoms with Crippen LogP contribution in [0.25, 0.3) is 11.4 Å². The second-order valence-corrected chi connectivity index (χ2v) is 9.61. The first kappa shape index (κ1) is 25.1. The van der Waals surface area contributed by atoms with Gasteiger partial charge < -0.3 is 15.3 Å². The smallest absolute Gasteiger partial charge is 0.257 e. The Morgan fingerprint density at radius 2 is 1.76 bits per heavy atom. The van der Waals surface area contributed by atoms with Gasteiger partial charge in [0.15, 0.2) is 5.82 Å². The second kappa shape index (κ2) is 10.6. The topological polar surface area (TPSA) is 121 Å². The summed E-state index contributed by atoms with van der Waals surface area (Å²) in [4.78, 5) is 24.6. The van der Waals surface area contributed by atoms with Crippen molar-refractivity contribution in [1.29, 1.82) is 0 Å². The number of amides is 2. The lowest BCUT2D eigenvalue weighted by molar-refractivity contribution is -0.119. The van der Waals surface area contributed by atoms with Gasteiger partial charge in [0.1, 0.15) is 11.5 Å². The summed E-state index contributed by atoms with van der Waals surface area (Å²) in [6.45, 7) is 6.30. The van der Waals surface area contributed by atoms with Crippen LogP contribution in [-0.2, 0) is 10.2 Å². The molecule has 3 N–H and O–H groups in total. The predicted octanol–water partition coefficient (Wildman–Crippen LogP) is 3.41. The zero-order valence-corrected chi connectivity index (χ0v) is 20.7. The van der Waals surface area contributed by atoms with E-state index in [9.17, 15) is 9.59 Å². The number of nitrogens with one attached hydrogen (secondary N) is 1. The maximum atomic E-state index is 12.4. The number of methoxy groups -OCH3 is 2. The van der Waals surface area contributed by atoms with E-state index >= 15 is 0 Å². The van der Waals surface area contributed by atoms with Crippen molar-refractivity contribution in [3.8, 4) is 22.9 Å². The monoisotopic (exact) mass is 483 g/mol. The molecule has 0 unspecified atom stereocenters. The van der Waals surface area contributed by atoms with E-state index in [1.807, 2.05) is 12.1 Å². The molecule has 0 fully saturated rings. The van der Waals surface area contributed by atoms with E-state index in [0.717, 1.165) is 5.56 Å². The van der Waals surface area contributed by atoms with Crippen LogP contribution in [-0.4, -0.2) is 46.7 Å². The molecular formula is C24H29N5O4S. The molecule has 0 saturated carbocycles. The third kappa shape index (κ3) is 5.88. The van der Waals surface area contributed by atoms with Gasteiger partial charge in [-0.05, 0) is 35.2 Å². The highest BCUT2D eigenvalue weighted by Gasteiger charge is 2.18. The van der Waals surface area contributed by atoms with Crippen LogP contribution in [0.3, 0.4) is 0 Å². The van der Waals surface area contributed by atoms with Crippen molar-refractivity contribution in [2.24, 2.45) is 0 Å². The third-order valence-corrected chi connectivity index (χ3v) is 6.09. The number of ether oxygens (including phenoxy) is 2. The maximum absolute atomic E-state index is 12.4. The number of nitrogen functional groups attached to an aromatic ring is 1. The Hall–Kier alpha value is -3.53. The molecule has 34 heavy (non-hydrogen) atoms. The molecular weight excluding hydrogens is 454 g/mol. The molecule has 2 amide bonds. The molecule has 0 radical (unpaired) electrons. The van der Waals surface area contributed by atoms with Crippen LogP contribution in [0.2, 0.25) is 0 Å². The number of carbonyl (C=O) groups is 2. The van der Waals surface area contributed by atoms with Crippen molar-refractivity contribution in [3.63, 3.8) is 0 Å². The van der Waals surface area contributed by atoms with Gasteiger partial charge in [-0.15, -0.1) is 10.2 Å². The van der Waals surface area contributed by atoms with Crippen LogP contribution >= 0.6 is 11.8 Å². The Labute approximate surface area is 203 Å². The number of aromatic nitrogens is 3. The summed E-state index contributed by atoms with van der Waals surface area (Å²) in [5.74, 6) is 7.35. The lowest BCUT2D eigenvalue weighted by Crippen LogP contribution is -2.30. The summed E-state index contributed by atoms with van der Waals surface area (Å²) in [6, 6.07) is 12.5. The molecule has 2 aromatic carbocycles. The zero-order valence-electron chi connectivity index (χ0n) is 19.9. The summed E-state index contributed by atoms with van der Waals surface area (Å²) in [5, 5.41) is 11.1. The number of benzene rings is 2. The Morgan fingerprint density at radius 3 is 2.38 bits per heavy atom. The van der Waals surface area contributed by atoms with E-state index in [0.29, 0.717) is 39.4 Å². The zero-order chi connectivity index (χ0) is 24.9. The summed E-state index contributed by atoms with van der Waals surface area (Å²) in [5.41, 5.74) is 2.20. The van der Waals surface area contributed by atoms with Crippen molar-refractivity contribution in [1.82, 2.24) is 20.2 Å². The van der Waals surface area contributed by atoms with Crippen LogP contribution < -0.4 is 20.6 Å². The van der Waals surface area contributed by atoms with Crippen molar-refractivity contribution in [3.05, 3.63) is 53.6 Å². The summed E-state index contributed by atoms with van der Waals surface area (Å²) in [7, 11) is 3.12. The third-order valence-electron chi connectivity index (χ3n) is 5.14. The molecule has 180 valence electrons. The molecule has 10 heteroatoms. The van der Waals surface area contributed by atoms with Gasteiger partial charge in [-0.3, -0.25) is 14.9 Å². The highest BCUT2D eigenvalue weighted by atomic mass is 32.2. The molecule has 0 bridgehead atoms. The number of nitrogens with zero attached hydrogens (tertiary/aromatic N) is 3. The summed E-state index contributed by atoms with van der Waals surface area (Å²) >= 11 is 1.27. The minimum atomic E-state index is -0.425. The van der Waals surface area contributed by atoms with Crippen molar-refractivity contribution in [2.45, 2.75) is 37.8 Å². The van der Waals surface area contributed by atoms with E-state index in [1.165, 1.54) is 16.4 Å². The highest BCUT2D eigenvalue weighted by Crippen LogP contribution is 2.33. The van der Waals surface area contributed by atoms with Gasteiger partial charge in [0.05, 0.1) is 19.8 Å². The first-order valence-corrected chi connectivity index (χ1v) is 11.6. The fourth-order valence-electron chi connectivity index (χ4n) is 3.16. The standard InChI is InChI=1S/C24H29N5O4S/c1-24(2,3)16-8-6-15(7-9-16)22(31)26-20(30)12-13-34-23-28-27-21(29(23)25)18-11-10-17(32-4)14-19(18)33-5/h6-11,14H,12-13,25H2,1-5H3,(H,26,30,31). The average molecular weight is 484 g/mol. The Kier molecular flexibility index (Phi) is 7.83. The molecule has 3 aromatic rings. The average Bonchev–Trinajstić information content (AvgIpc) is 3.18. The minimum absolute atomic E-state index is 0.00995. The summed E-state index contributed by atoms with van der Waals surface area (Å²) in [6.07, 6.45) is 0.116. The van der Waals surface area contributed by atoms with Gasteiger partial charge in [0, 0.05) is 23.8 Å². The van der Waals surface area contributed by atoms with Gasteiger partial charge in [0.25, 0.3) is 5.91 Å². The van der Waals surface area contributed by atoms with E-state index in [4.69, 9.17) is 15.3 Å². The van der Waals surface area contributed by atoms with Gasteiger partial charge >= 0.3 is 0 Å². The molecule has 0 saturated heterocycles. The van der Waals surface area contributed by atoms with Crippen LogP contribution in [0, 0.1) is 0 Å². The number of thioether (sulfide) groups is 1. The van der Waals surface area contributed by atoms with Gasteiger partial charge in [-0.2, -0.15) is 0 Å². The highest BCUT2D eigenvalue weighted by molar-refractivity contribution is 7.99. The predicted molar refractivity (Wildman–Crippen MR) is 132 cm³/mol. The first-order chi connectivity index (χ1) is 16.1. The van der Waals surface area contributed by atoms with Gasteiger partial charge in [-0.1, -0.05) is 44.7 Å². The molecule has 0 spiro atoms. The molecule has 0 aliphatic heterocycles. The van der Waals surface area contributed by atoms with E-state index in [1.54, 1.807) is 44.6 Å². The Morgan fingerprint density at radius 1 is 1.06 bits per heavy atom. The Balaban J connectivity index is 1.56. The maximum Gasteiger partial charge on any atom is 0.257 e. The molecule has 1 aromatic heterocycles. The number of nitrogens with two attached hydrogens (primary N) is 1. The van der Waals surface area contributed by atoms with E-state index in [2.05, 4.69) is 36.3 Å². The van der Waals surface area contributed by atoms with Crippen molar-refractivity contribution >= 4 is 23.6 Å². The number of hydrogen-bond donors (Lipinski definition) is 2. The van der Waals surface area contributed by atoms with Crippen LogP contribution in [0.1, 0.15) is 43.1 Å². The summed E-state index contributed by atoms with van der Waals surface area (Å²) < 4.78 is 12.0. The molecule has 0 atom stereocenters. The van der Waals surface area contributed by atoms with E-state index in [-0.39, 0.29) is 17.7 Å². The van der Waals surface area contributed by atoms with Crippen LogP contribution in [0.15, 0.2) is 47.6 Å². The second-order valence-electron chi connectivity index (χ2n) is 8.55.